The molecule has 1 unspecified atom stereocenters. The third-order valence-electron chi connectivity index (χ3n) is 8.52. The van der Waals surface area contributed by atoms with E-state index in [1.165, 1.54) is 24.3 Å². The zero-order valence-electron chi connectivity index (χ0n) is 35.0. The van der Waals surface area contributed by atoms with Crippen LogP contribution < -0.4 is 18.9 Å². The summed E-state index contributed by atoms with van der Waals surface area (Å²) in [6, 6.07) is 24.5. The summed E-state index contributed by atoms with van der Waals surface area (Å²) in [7, 11) is 0. The van der Waals surface area contributed by atoms with Crippen molar-refractivity contribution in [2.45, 2.75) is 65.1 Å². The molecule has 0 fully saturated rings. The van der Waals surface area contributed by atoms with Crippen LogP contribution in [0.25, 0.3) is 0 Å². The quantitative estimate of drug-likeness (QED) is 0.0231. The first-order valence-electron chi connectivity index (χ1n) is 19.8. The Morgan fingerprint density at radius 2 is 1.20 bits per heavy atom. The van der Waals surface area contributed by atoms with Crippen LogP contribution in [-0.2, 0) is 41.4 Å². The van der Waals surface area contributed by atoms with Crippen LogP contribution in [0.15, 0.2) is 116 Å². The van der Waals surface area contributed by atoms with Gasteiger partial charge in [-0.25, -0.2) is 24.0 Å². The number of benzene rings is 4. The molecule has 61 heavy (non-hydrogen) atoms. The lowest BCUT2D eigenvalue weighted by Crippen LogP contribution is -2.29. The maximum Gasteiger partial charge on any atom is 0.343 e. The summed E-state index contributed by atoms with van der Waals surface area (Å²) in [4.78, 5) is 61.4. The molecule has 322 valence electrons. The highest BCUT2D eigenvalue weighted by atomic mass is 16.6. The molecule has 0 aliphatic heterocycles. The van der Waals surface area contributed by atoms with E-state index < -0.39 is 36.0 Å². The van der Waals surface area contributed by atoms with Gasteiger partial charge in [-0.1, -0.05) is 32.2 Å². The maximum atomic E-state index is 13.1. The molecule has 0 spiro atoms. The van der Waals surface area contributed by atoms with Gasteiger partial charge in [-0.15, -0.1) is 0 Å². The Labute approximate surface area is 356 Å². The Hall–Kier alpha value is -6.73. The van der Waals surface area contributed by atoms with Gasteiger partial charge in [0.2, 0.25) is 0 Å². The van der Waals surface area contributed by atoms with Crippen molar-refractivity contribution in [3.05, 3.63) is 144 Å². The molecule has 4 aromatic rings. The fraction of sp³-hybridized carbons (Fsp3) is 0.312. The number of hydrogen-bond acceptors (Lipinski definition) is 13. The van der Waals surface area contributed by atoms with Crippen molar-refractivity contribution >= 4 is 29.8 Å². The Balaban J connectivity index is 1.21. The number of carbonyl (C=O) groups excluding carboxylic acids is 5. The monoisotopic (exact) mass is 836 g/mol. The van der Waals surface area contributed by atoms with Gasteiger partial charge in [0.15, 0.2) is 6.10 Å². The summed E-state index contributed by atoms with van der Waals surface area (Å²) in [5, 5.41) is 0. The number of esters is 5. The molecule has 4 aromatic carbocycles. The molecule has 0 saturated heterocycles. The summed E-state index contributed by atoms with van der Waals surface area (Å²) in [5.41, 5.74) is 2.29. The van der Waals surface area contributed by atoms with Gasteiger partial charge in [0.1, 0.15) is 35.2 Å². The zero-order chi connectivity index (χ0) is 44.2. The highest BCUT2D eigenvalue weighted by Gasteiger charge is 2.18. The first-order valence-corrected chi connectivity index (χ1v) is 19.8. The van der Waals surface area contributed by atoms with E-state index in [1.807, 2.05) is 33.8 Å². The van der Waals surface area contributed by atoms with Gasteiger partial charge in [0.25, 0.3) is 0 Å². The maximum absolute atomic E-state index is 13.1. The van der Waals surface area contributed by atoms with Crippen molar-refractivity contribution < 1.29 is 61.9 Å². The number of rotatable bonds is 23. The second-order valence-electron chi connectivity index (χ2n) is 14.5. The highest BCUT2D eigenvalue weighted by molar-refractivity contribution is 5.92. The smallest absolute Gasteiger partial charge is 0.343 e. The first-order chi connectivity index (χ1) is 29.3. The molecule has 13 nitrogen and oxygen atoms in total. The van der Waals surface area contributed by atoms with Gasteiger partial charge in [-0.2, -0.15) is 0 Å². The summed E-state index contributed by atoms with van der Waals surface area (Å²) in [5.74, 6) is -0.969. The summed E-state index contributed by atoms with van der Waals surface area (Å²) in [6.07, 6.45) is 3.67. The third-order valence-corrected chi connectivity index (χ3v) is 8.52. The number of carbonyl (C=O) groups is 5. The second kappa shape index (κ2) is 23.8. The molecule has 0 heterocycles. The molecule has 0 bridgehead atoms. The average molecular weight is 837 g/mol. The van der Waals surface area contributed by atoms with E-state index in [-0.39, 0.29) is 37.8 Å². The van der Waals surface area contributed by atoms with Crippen LogP contribution >= 0.6 is 0 Å². The van der Waals surface area contributed by atoms with Crippen molar-refractivity contribution in [1.82, 2.24) is 0 Å². The molecule has 0 radical (unpaired) electrons. The molecule has 0 aliphatic carbocycles. The molecule has 13 heteroatoms. The van der Waals surface area contributed by atoms with Gasteiger partial charge in [-0.3, -0.25) is 0 Å². The lowest BCUT2D eigenvalue weighted by molar-refractivity contribution is -0.148. The lowest BCUT2D eigenvalue weighted by Gasteiger charge is -2.21. The second-order valence-corrected chi connectivity index (χ2v) is 14.5. The fourth-order valence-corrected chi connectivity index (χ4v) is 5.46. The van der Waals surface area contributed by atoms with Crippen LogP contribution in [-0.4, -0.2) is 74.6 Å². The lowest BCUT2D eigenvalue weighted by atomic mass is 10.1. The van der Waals surface area contributed by atoms with E-state index in [4.69, 9.17) is 37.9 Å². The minimum absolute atomic E-state index is 0.0107. The molecular weight excluding hydrogens is 785 g/mol. The van der Waals surface area contributed by atoms with Gasteiger partial charge in [0.05, 0.1) is 36.5 Å². The predicted molar refractivity (Wildman–Crippen MR) is 226 cm³/mol. The van der Waals surface area contributed by atoms with E-state index in [0.717, 1.165) is 23.3 Å². The minimum Gasteiger partial charge on any atom is -0.490 e. The van der Waals surface area contributed by atoms with Crippen molar-refractivity contribution in [1.29, 1.82) is 0 Å². The van der Waals surface area contributed by atoms with E-state index in [0.29, 0.717) is 66.2 Å². The van der Waals surface area contributed by atoms with Gasteiger partial charge in [0, 0.05) is 25.2 Å². The van der Waals surface area contributed by atoms with Crippen LogP contribution in [0.2, 0.25) is 0 Å². The Kier molecular flexibility index (Phi) is 18.3. The zero-order valence-corrected chi connectivity index (χ0v) is 35.0. The Morgan fingerprint density at radius 3 is 1.80 bits per heavy atom. The molecule has 0 saturated carbocycles. The van der Waals surface area contributed by atoms with Gasteiger partial charge >= 0.3 is 29.8 Å². The van der Waals surface area contributed by atoms with Gasteiger partial charge < -0.3 is 37.9 Å². The van der Waals surface area contributed by atoms with Crippen LogP contribution in [0.4, 0.5) is 0 Å². The van der Waals surface area contributed by atoms with Crippen molar-refractivity contribution in [2.24, 2.45) is 0 Å². The average Bonchev–Trinajstić information content (AvgIpc) is 3.25. The fourth-order valence-electron chi connectivity index (χ4n) is 5.46. The SMILES string of the molecule is C=CC(=O)OCCCCOCC(COc1ccc(C(=O)Oc2ccc(CCOC(=O)c3ccc(OC(=O)c4ccc(OC(C)(C)C)cc4)cc3)cc2CC)cc1)OC(=O)C=C. The molecule has 0 aromatic heterocycles. The third kappa shape index (κ3) is 16.4. The summed E-state index contributed by atoms with van der Waals surface area (Å²) < 4.78 is 44.2. The topological polar surface area (TPSA) is 159 Å². The van der Waals surface area contributed by atoms with Gasteiger partial charge in [-0.05, 0) is 130 Å². The minimum atomic E-state index is -0.723. The van der Waals surface area contributed by atoms with Crippen LogP contribution in [0.5, 0.6) is 23.0 Å². The molecule has 0 N–H and O–H groups in total. The highest BCUT2D eigenvalue weighted by Crippen LogP contribution is 2.24. The largest absolute Gasteiger partial charge is 0.490 e. The van der Waals surface area contributed by atoms with Crippen LogP contribution in [0, 0.1) is 0 Å². The summed E-state index contributed by atoms with van der Waals surface area (Å²) in [6.45, 7) is 15.3. The standard InChI is InChI=1S/C48H52O13/c1-7-34-30-33(26-29-56-45(51)35-15-21-39(22-16-35)59-46(52)36-17-23-40(24-18-36)61-48(4,5)6)12-25-42(34)60-47(53)37-13-19-38(20-14-37)57-32-41(58-44(50)9-3)31-54-27-10-11-28-55-43(49)8-2/h8-9,12-25,30,41H,2-3,7,10-11,26-29,31-32H2,1,4-6H3. The van der Waals surface area contributed by atoms with Crippen molar-refractivity contribution in [3.8, 4) is 23.0 Å². The van der Waals surface area contributed by atoms with Crippen LogP contribution in [0.1, 0.15) is 82.7 Å². The molecular formula is C48H52O13. The number of hydrogen-bond donors (Lipinski definition) is 0. The Bertz CT molecular complexity index is 2100. The first kappa shape index (κ1) is 47.0. The molecule has 0 amide bonds. The summed E-state index contributed by atoms with van der Waals surface area (Å²) >= 11 is 0. The van der Waals surface area contributed by atoms with E-state index >= 15 is 0 Å². The van der Waals surface area contributed by atoms with Crippen LogP contribution in [0.3, 0.4) is 0 Å². The van der Waals surface area contributed by atoms with E-state index in [1.54, 1.807) is 60.7 Å². The molecule has 4 rings (SSSR count). The normalized spacial score (nSPS) is 11.3. The van der Waals surface area contributed by atoms with E-state index in [2.05, 4.69) is 13.2 Å². The van der Waals surface area contributed by atoms with Crippen molar-refractivity contribution in [3.63, 3.8) is 0 Å². The van der Waals surface area contributed by atoms with E-state index in [9.17, 15) is 24.0 Å². The number of ether oxygens (including phenoxy) is 8. The predicted octanol–water partition coefficient (Wildman–Crippen LogP) is 8.27. The molecule has 0 aliphatic rings. The number of aryl methyl sites for hydroxylation is 1. The molecule has 1 atom stereocenters. The number of unbranched alkanes of at least 4 members (excludes halogenated alkanes) is 1. The Morgan fingerprint density at radius 1 is 0.623 bits per heavy atom. The van der Waals surface area contributed by atoms with Crippen molar-refractivity contribution in [2.75, 3.05) is 33.0 Å².